The minimum absolute atomic E-state index is 0.128. The van der Waals surface area contributed by atoms with Gasteiger partial charge in [0.15, 0.2) is 11.5 Å². The molecule has 4 aromatic rings. The Hall–Kier alpha value is -3.54. The first-order valence-corrected chi connectivity index (χ1v) is 7.63. The minimum atomic E-state index is -0.584. The highest BCUT2D eigenvalue weighted by Gasteiger charge is 2.16. The Morgan fingerprint density at radius 3 is 2.72 bits per heavy atom. The quantitative estimate of drug-likeness (QED) is 0.450. The molecule has 0 fully saturated rings. The molecule has 0 radical (unpaired) electrons. The van der Waals surface area contributed by atoms with Gasteiger partial charge >= 0.3 is 5.97 Å². The van der Waals surface area contributed by atoms with Gasteiger partial charge in [-0.3, -0.25) is 0 Å². The molecule has 124 valence electrons. The Bertz CT molecular complexity index is 1000. The Balaban J connectivity index is 1.66. The Morgan fingerprint density at radius 1 is 1.08 bits per heavy atom. The lowest BCUT2D eigenvalue weighted by Gasteiger charge is -2.09. The van der Waals surface area contributed by atoms with E-state index in [1.165, 1.54) is 19.4 Å². The molecule has 2 aromatic carbocycles. The van der Waals surface area contributed by atoms with Gasteiger partial charge in [-0.15, -0.1) is 0 Å². The van der Waals surface area contributed by atoms with Gasteiger partial charge in [0.1, 0.15) is 5.82 Å². The van der Waals surface area contributed by atoms with Crippen molar-refractivity contribution in [2.75, 3.05) is 7.11 Å². The summed E-state index contributed by atoms with van der Waals surface area (Å²) in [7, 11) is 1.52. The Morgan fingerprint density at radius 2 is 1.96 bits per heavy atom. The van der Waals surface area contributed by atoms with Gasteiger partial charge < -0.3 is 18.9 Å². The first kappa shape index (κ1) is 15.0. The minimum Gasteiger partial charge on any atom is -0.493 e. The summed E-state index contributed by atoms with van der Waals surface area (Å²) in [5.41, 5.74) is 2.65. The highest BCUT2D eigenvalue weighted by molar-refractivity contribution is 5.88. The number of aromatic amines is 1. The standard InChI is InChI=1S/C19H14N2O4/c1-23-17-11-12(18-20-13-5-2-3-6-14(13)21-18)8-9-15(17)25-19(22)16-7-4-10-24-16/h2-11H,1H3,(H,20,21). The highest BCUT2D eigenvalue weighted by atomic mass is 16.6. The zero-order chi connectivity index (χ0) is 17.2. The van der Waals surface area contributed by atoms with Crippen LogP contribution in [0.5, 0.6) is 11.5 Å². The van der Waals surface area contributed by atoms with Crippen molar-refractivity contribution in [2.45, 2.75) is 0 Å². The van der Waals surface area contributed by atoms with Crippen molar-refractivity contribution in [3.8, 4) is 22.9 Å². The number of imidazole rings is 1. The van der Waals surface area contributed by atoms with E-state index in [-0.39, 0.29) is 5.76 Å². The number of para-hydroxylation sites is 2. The topological polar surface area (TPSA) is 77.4 Å². The zero-order valence-electron chi connectivity index (χ0n) is 13.4. The molecule has 0 amide bonds. The first-order valence-electron chi connectivity index (χ1n) is 7.63. The third kappa shape index (κ3) is 2.85. The van der Waals surface area contributed by atoms with Gasteiger partial charge in [-0.2, -0.15) is 0 Å². The van der Waals surface area contributed by atoms with Crippen molar-refractivity contribution < 1.29 is 18.7 Å². The normalized spacial score (nSPS) is 10.8. The van der Waals surface area contributed by atoms with Gasteiger partial charge in [-0.1, -0.05) is 12.1 Å². The molecule has 2 heterocycles. The number of benzene rings is 2. The molecule has 0 saturated carbocycles. The number of fused-ring (bicyclic) bond motifs is 1. The molecule has 2 aromatic heterocycles. The first-order chi connectivity index (χ1) is 12.2. The number of carbonyl (C=O) groups is 1. The van der Waals surface area contributed by atoms with Crippen LogP contribution in [0, 0.1) is 0 Å². The number of carbonyl (C=O) groups excluding carboxylic acids is 1. The van der Waals surface area contributed by atoms with Gasteiger partial charge in [0.05, 0.1) is 24.4 Å². The predicted molar refractivity (Wildman–Crippen MR) is 91.7 cm³/mol. The van der Waals surface area contributed by atoms with E-state index in [1.54, 1.807) is 18.2 Å². The molecular formula is C19H14N2O4. The summed E-state index contributed by atoms with van der Waals surface area (Å²) in [5, 5.41) is 0. The van der Waals surface area contributed by atoms with Crippen LogP contribution in [0.15, 0.2) is 65.3 Å². The average molecular weight is 334 g/mol. The molecule has 1 N–H and O–H groups in total. The number of nitrogens with zero attached hydrogens (tertiary/aromatic N) is 1. The number of ether oxygens (including phenoxy) is 2. The van der Waals surface area contributed by atoms with Crippen LogP contribution in [0.4, 0.5) is 0 Å². The number of furan rings is 1. The molecule has 0 aliphatic carbocycles. The lowest BCUT2D eigenvalue weighted by atomic mass is 10.2. The summed E-state index contributed by atoms with van der Waals surface area (Å²) in [6, 6.07) is 16.2. The predicted octanol–water partition coefficient (Wildman–Crippen LogP) is 4.05. The van der Waals surface area contributed by atoms with E-state index in [2.05, 4.69) is 9.97 Å². The molecule has 0 spiro atoms. The third-order valence-corrected chi connectivity index (χ3v) is 3.75. The summed E-state index contributed by atoms with van der Waals surface area (Å²) < 4.78 is 15.7. The van der Waals surface area contributed by atoms with Crippen molar-refractivity contribution in [2.24, 2.45) is 0 Å². The number of hydrogen-bond acceptors (Lipinski definition) is 5. The number of nitrogens with one attached hydrogen (secondary N) is 1. The second kappa shape index (κ2) is 6.16. The largest absolute Gasteiger partial charge is 0.493 e. The molecule has 25 heavy (non-hydrogen) atoms. The van der Waals surface area contributed by atoms with Crippen LogP contribution >= 0.6 is 0 Å². The van der Waals surface area contributed by atoms with Crippen molar-refractivity contribution >= 4 is 17.0 Å². The van der Waals surface area contributed by atoms with E-state index in [0.29, 0.717) is 17.3 Å². The SMILES string of the molecule is COc1cc(-c2nc3ccccc3[nH]2)ccc1OC(=O)c1ccco1. The maximum Gasteiger partial charge on any atom is 0.379 e. The fraction of sp³-hybridized carbons (Fsp3) is 0.0526. The smallest absolute Gasteiger partial charge is 0.379 e. The molecule has 6 nitrogen and oxygen atoms in total. The van der Waals surface area contributed by atoms with Crippen LogP contribution in [0.25, 0.3) is 22.4 Å². The van der Waals surface area contributed by atoms with Crippen LogP contribution in [0.2, 0.25) is 0 Å². The van der Waals surface area contributed by atoms with E-state index in [9.17, 15) is 4.79 Å². The fourth-order valence-corrected chi connectivity index (χ4v) is 2.53. The van der Waals surface area contributed by atoms with Crippen LogP contribution in [-0.2, 0) is 0 Å². The number of hydrogen-bond donors (Lipinski definition) is 1. The molecule has 0 atom stereocenters. The molecule has 0 bridgehead atoms. The average Bonchev–Trinajstić information content (AvgIpc) is 3.31. The van der Waals surface area contributed by atoms with Crippen molar-refractivity contribution in [1.29, 1.82) is 0 Å². The second-order valence-corrected chi connectivity index (χ2v) is 5.34. The molecule has 6 heteroatoms. The number of esters is 1. The lowest BCUT2D eigenvalue weighted by Crippen LogP contribution is -2.08. The van der Waals surface area contributed by atoms with Gasteiger partial charge in [0.2, 0.25) is 5.76 Å². The van der Waals surface area contributed by atoms with E-state index in [1.807, 2.05) is 30.3 Å². The molecule has 0 aliphatic heterocycles. The summed E-state index contributed by atoms with van der Waals surface area (Å²) >= 11 is 0. The van der Waals surface area contributed by atoms with Gasteiger partial charge in [-0.25, -0.2) is 9.78 Å². The van der Waals surface area contributed by atoms with Gasteiger partial charge in [0, 0.05) is 5.56 Å². The number of H-pyrrole nitrogens is 1. The van der Waals surface area contributed by atoms with E-state index in [4.69, 9.17) is 13.9 Å². The lowest BCUT2D eigenvalue weighted by molar-refractivity contribution is 0.0696. The Labute approximate surface area is 143 Å². The van der Waals surface area contributed by atoms with Crippen molar-refractivity contribution in [1.82, 2.24) is 9.97 Å². The molecular weight excluding hydrogens is 320 g/mol. The highest BCUT2D eigenvalue weighted by Crippen LogP contribution is 2.32. The third-order valence-electron chi connectivity index (χ3n) is 3.75. The zero-order valence-corrected chi connectivity index (χ0v) is 13.4. The molecule has 0 aliphatic rings. The summed E-state index contributed by atoms with van der Waals surface area (Å²) in [6.07, 6.45) is 1.42. The van der Waals surface area contributed by atoms with Crippen LogP contribution in [-0.4, -0.2) is 23.0 Å². The van der Waals surface area contributed by atoms with Crippen molar-refractivity contribution in [3.63, 3.8) is 0 Å². The van der Waals surface area contributed by atoms with Crippen molar-refractivity contribution in [3.05, 3.63) is 66.6 Å². The number of methoxy groups -OCH3 is 1. The molecule has 0 saturated heterocycles. The van der Waals surface area contributed by atoms with Gasteiger partial charge in [-0.05, 0) is 42.5 Å². The fourth-order valence-electron chi connectivity index (χ4n) is 2.53. The van der Waals surface area contributed by atoms with Crippen LogP contribution in [0.3, 0.4) is 0 Å². The molecule has 4 rings (SSSR count). The van der Waals surface area contributed by atoms with Crippen LogP contribution in [0.1, 0.15) is 10.6 Å². The monoisotopic (exact) mass is 334 g/mol. The summed E-state index contributed by atoms with van der Waals surface area (Å²) in [6.45, 7) is 0. The molecule has 0 unspecified atom stereocenters. The maximum atomic E-state index is 12.0. The Kier molecular flexibility index (Phi) is 3.70. The van der Waals surface area contributed by atoms with E-state index in [0.717, 1.165) is 16.6 Å². The van der Waals surface area contributed by atoms with E-state index >= 15 is 0 Å². The van der Waals surface area contributed by atoms with E-state index < -0.39 is 5.97 Å². The van der Waals surface area contributed by atoms with Gasteiger partial charge in [0.25, 0.3) is 0 Å². The summed E-state index contributed by atoms with van der Waals surface area (Å²) in [4.78, 5) is 19.8. The number of aromatic nitrogens is 2. The maximum absolute atomic E-state index is 12.0. The van der Waals surface area contributed by atoms with Crippen LogP contribution < -0.4 is 9.47 Å². The summed E-state index contributed by atoms with van der Waals surface area (Å²) in [5.74, 6) is 0.994. The second-order valence-electron chi connectivity index (χ2n) is 5.34. The number of rotatable bonds is 4.